The smallest absolute Gasteiger partial charge is 0.318 e. The van der Waals surface area contributed by atoms with Crippen LogP contribution in [0, 0.1) is 0 Å². The maximum Gasteiger partial charge on any atom is 0.318 e. The SMILES string of the molecule is O=C(O)C(Br)C(Br)C(=O)Nc1ccc(Br)cc1. The highest BCUT2D eigenvalue weighted by atomic mass is 79.9. The number of carboxylic acid groups (broad SMARTS) is 1. The molecule has 2 N–H and O–H groups in total. The minimum Gasteiger partial charge on any atom is -0.480 e. The molecule has 0 radical (unpaired) electrons. The molecule has 0 aliphatic heterocycles. The predicted octanol–water partition coefficient (Wildman–Crippen LogP) is 3.00. The van der Waals surface area contributed by atoms with Crippen molar-refractivity contribution in [2.24, 2.45) is 0 Å². The Balaban J connectivity index is 2.66. The van der Waals surface area contributed by atoms with E-state index in [0.29, 0.717) is 5.69 Å². The molecule has 4 nitrogen and oxygen atoms in total. The minimum absolute atomic E-state index is 0.420. The van der Waals surface area contributed by atoms with Crippen LogP contribution in [0.3, 0.4) is 0 Å². The normalized spacial score (nSPS) is 13.8. The van der Waals surface area contributed by atoms with Gasteiger partial charge in [-0.1, -0.05) is 47.8 Å². The lowest BCUT2D eigenvalue weighted by atomic mass is 10.2. The highest BCUT2D eigenvalue weighted by Crippen LogP contribution is 2.19. The van der Waals surface area contributed by atoms with E-state index in [-0.39, 0.29) is 0 Å². The summed E-state index contributed by atoms with van der Waals surface area (Å²) in [6.45, 7) is 0. The Labute approximate surface area is 123 Å². The van der Waals surface area contributed by atoms with Gasteiger partial charge in [0.25, 0.3) is 0 Å². The molecule has 0 aromatic heterocycles. The molecule has 1 aromatic rings. The number of carboxylic acids is 1. The van der Waals surface area contributed by atoms with Crippen molar-refractivity contribution in [2.75, 3.05) is 5.32 Å². The molecule has 0 fully saturated rings. The number of hydrogen-bond donors (Lipinski definition) is 2. The van der Waals surface area contributed by atoms with Gasteiger partial charge in [-0.15, -0.1) is 0 Å². The molecular formula is C10H8Br3NO3. The molecule has 2 unspecified atom stereocenters. The lowest BCUT2D eigenvalue weighted by Crippen LogP contribution is -2.34. The van der Waals surface area contributed by atoms with Crippen LogP contribution in [0.5, 0.6) is 0 Å². The summed E-state index contributed by atoms with van der Waals surface area (Å²) >= 11 is 9.23. The number of aliphatic carboxylic acids is 1. The summed E-state index contributed by atoms with van der Waals surface area (Å²) in [6, 6.07) is 6.99. The van der Waals surface area contributed by atoms with Gasteiger partial charge in [-0.2, -0.15) is 0 Å². The predicted molar refractivity (Wildman–Crippen MR) is 75.8 cm³/mol. The number of nitrogens with one attached hydrogen (secondary N) is 1. The fourth-order valence-electron chi connectivity index (χ4n) is 1.00. The summed E-state index contributed by atoms with van der Waals surface area (Å²) in [5.74, 6) is -1.52. The van der Waals surface area contributed by atoms with Gasteiger partial charge >= 0.3 is 5.97 Å². The molecule has 0 spiro atoms. The molecule has 0 aliphatic carbocycles. The topological polar surface area (TPSA) is 66.4 Å². The Morgan fingerprint density at radius 1 is 1.12 bits per heavy atom. The maximum absolute atomic E-state index is 11.7. The van der Waals surface area contributed by atoms with E-state index < -0.39 is 21.5 Å². The molecular weight excluding hydrogens is 422 g/mol. The number of anilines is 1. The van der Waals surface area contributed by atoms with E-state index in [9.17, 15) is 9.59 Å². The summed E-state index contributed by atoms with van der Waals surface area (Å²) in [4.78, 5) is 20.5. The van der Waals surface area contributed by atoms with Crippen LogP contribution >= 0.6 is 47.8 Å². The number of carbonyl (C=O) groups is 2. The van der Waals surface area contributed by atoms with Crippen LogP contribution in [0.15, 0.2) is 28.7 Å². The van der Waals surface area contributed by atoms with E-state index in [1.807, 2.05) is 0 Å². The third kappa shape index (κ3) is 4.40. The van der Waals surface area contributed by atoms with Gasteiger partial charge in [0.2, 0.25) is 5.91 Å². The summed E-state index contributed by atoms with van der Waals surface area (Å²) in [5, 5.41) is 11.3. The van der Waals surface area contributed by atoms with E-state index in [2.05, 4.69) is 53.1 Å². The minimum atomic E-state index is -1.10. The Morgan fingerprint density at radius 2 is 1.65 bits per heavy atom. The number of carbonyl (C=O) groups excluding carboxylic acids is 1. The van der Waals surface area contributed by atoms with Crippen molar-refractivity contribution in [2.45, 2.75) is 9.65 Å². The second kappa shape index (κ2) is 6.51. The average molecular weight is 430 g/mol. The lowest BCUT2D eigenvalue weighted by Gasteiger charge is -2.13. The second-order valence-electron chi connectivity index (χ2n) is 3.14. The molecule has 92 valence electrons. The van der Waals surface area contributed by atoms with Crippen molar-refractivity contribution >= 4 is 65.4 Å². The molecule has 0 bridgehead atoms. The number of hydrogen-bond acceptors (Lipinski definition) is 2. The van der Waals surface area contributed by atoms with Crippen LogP contribution in [0.25, 0.3) is 0 Å². The number of alkyl halides is 2. The van der Waals surface area contributed by atoms with Crippen molar-refractivity contribution in [1.29, 1.82) is 0 Å². The van der Waals surface area contributed by atoms with E-state index >= 15 is 0 Å². The van der Waals surface area contributed by atoms with Crippen molar-refractivity contribution in [3.63, 3.8) is 0 Å². The molecule has 1 amide bonds. The second-order valence-corrected chi connectivity index (χ2v) is 6.03. The molecule has 0 saturated heterocycles. The average Bonchev–Trinajstić information content (AvgIpc) is 2.30. The first-order chi connectivity index (χ1) is 7.91. The number of benzene rings is 1. The summed E-state index contributed by atoms with van der Waals surface area (Å²) < 4.78 is 0.898. The Bertz CT molecular complexity index is 421. The Morgan fingerprint density at radius 3 is 2.12 bits per heavy atom. The molecule has 1 rings (SSSR count). The van der Waals surface area contributed by atoms with Gasteiger partial charge in [-0.3, -0.25) is 9.59 Å². The first-order valence-corrected chi connectivity index (χ1v) is 7.11. The number of halogens is 3. The molecule has 0 saturated carbocycles. The fourth-order valence-corrected chi connectivity index (χ4v) is 1.85. The van der Waals surface area contributed by atoms with Gasteiger partial charge in [-0.25, -0.2) is 0 Å². The van der Waals surface area contributed by atoms with Gasteiger partial charge in [0.05, 0.1) is 0 Å². The van der Waals surface area contributed by atoms with E-state index in [1.54, 1.807) is 24.3 Å². The van der Waals surface area contributed by atoms with Crippen LogP contribution in [-0.2, 0) is 9.59 Å². The van der Waals surface area contributed by atoms with Crippen molar-refractivity contribution < 1.29 is 14.7 Å². The molecule has 17 heavy (non-hydrogen) atoms. The van der Waals surface area contributed by atoms with Gasteiger partial charge in [-0.05, 0) is 24.3 Å². The van der Waals surface area contributed by atoms with E-state index in [4.69, 9.17) is 5.11 Å². The van der Waals surface area contributed by atoms with E-state index in [1.165, 1.54) is 0 Å². The van der Waals surface area contributed by atoms with Crippen molar-refractivity contribution in [3.8, 4) is 0 Å². The Kier molecular flexibility index (Phi) is 5.61. The maximum atomic E-state index is 11.7. The first-order valence-electron chi connectivity index (χ1n) is 4.49. The fraction of sp³-hybridized carbons (Fsp3) is 0.200. The highest BCUT2D eigenvalue weighted by Gasteiger charge is 2.29. The monoisotopic (exact) mass is 427 g/mol. The standard InChI is InChI=1S/C10H8Br3NO3/c11-5-1-3-6(4-2-5)14-9(15)7(12)8(13)10(16)17/h1-4,7-8H,(H,14,15)(H,16,17). The zero-order valence-electron chi connectivity index (χ0n) is 8.36. The van der Waals surface area contributed by atoms with Crippen molar-refractivity contribution in [3.05, 3.63) is 28.7 Å². The van der Waals surface area contributed by atoms with Crippen LogP contribution < -0.4 is 5.32 Å². The molecule has 7 heteroatoms. The first kappa shape index (κ1) is 14.7. The third-order valence-electron chi connectivity index (χ3n) is 1.86. The van der Waals surface area contributed by atoms with E-state index in [0.717, 1.165) is 4.47 Å². The number of rotatable bonds is 4. The quantitative estimate of drug-likeness (QED) is 0.723. The van der Waals surface area contributed by atoms with Crippen molar-refractivity contribution in [1.82, 2.24) is 0 Å². The molecule has 0 heterocycles. The summed E-state index contributed by atoms with van der Waals surface area (Å²) in [7, 11) is 0. The van der Waals surface area contributed by atoms with Crippen LogP contribution in [0.1, 0.15) is 0 Å². The highest BCUT2D eigenvalue weighted by molar-refractivity contribution is 9.12. The summed E-state index contributed by atoms with van der Waals surface area (Å²) in [6.07, 6.45) is 0. The zero-order chi connectivity index (χ0) is 13.0. The van der Waals surface area contributed by atoms with Gasteiger partial charge < -0.3 is 10.4 Å². The largest absolute Gasteiger partial charge is 0.480 e. The summed E-state index contributed by atoms with van der Waals surface area (Å²) in [5.41, 5.74) is 0.604. The van der Waals surface area contributed by atoms with Gasteiger partial charge in [0, 0.05) is 10.2 Å². The third-order valence-corrected chi connectivity index (χ3v) is 4.96. The van der Waals surface area contributed by atoms with Crippen LogP contribution in [-0.4, -0.2) is 26.6 Å². The zero-order valence-corrected chi connectivity index (χ0v) is 13.1. The lowest BCUT2D eigenvalue weighted by molar-refractivity contribution is -0.137. The van der Waals surface area contributed by atoms with Gasteiger partial charge in [0.1, 0.15) is 9.65 Å². The molecule has 2 atom stereocenters. The molecule has 1 aromatic carbocycles. The van der Waals surface area contributed by atoms with Crippen LogP contribution in [0.2, 0.25) is 0 Å². The van der Waals surface area contributed by atoms with Crippen LogP contribution in [0.4, 0.5) is 5.69 Å². The molecule has 0 aliphatic rings. The van der Waals surface area contributed by atoms with Gasteiger partial charge in [0.15, 0.2) is 0 Å². The Hall–Kier alpha value is -0.400. The number of amides is 1.